The molecule has 0 aromatic carbocycles. The van der Waals surface area contributed by atoms with Gasteiger partial charge in [-0.1, -0.05) is 0 Å². The summed E-state index contributed by atoms with van der Waals surface area (Å²) in [7, 11) is 0. The Bertz CT molecular complexity index is 293. The van der Waals surface area contributed by atoms with E-state index in [9.17, 15) is 0 Å². The van der Waals surface area contributed by atoms with Gasteiger partial charge in [0.25, 0.3) is 0 Å². The van der Waals surface area contributed by atoms with Crippen molar-refractivity contribution < 1.29 is 0 Å². The van der Waals surface area contributed by atoms with E-state index < -0.39 is 0 Å². The molecule has 4 fully saturated rings. The third kappa shape index (κ3) is 2.11. The maximum absolute atomic E-state index is 5.64. The summed E-state index contributed by atoms with van der Waals surface area (Å²) in [5.41, 5.74) is 3.52. The van der Waals surface area contributed by atoms with Gasteiger partial charge in [0.1, 0.15) is 0 Å². The minimum Gasteiger partial charge on any atom is -0.271 e. The van der Waals surface area contributed by atoms with Gasteiger partial charge in [0.15, 0.2) is 0 Å². The van der Waals surface area contributed by atoms with Gasteiger partial charge in [-0.05, 0) is 68.1 Å². The smallest absolute Gasteiger partial charge is 0.0325 e. The molecule has 4 rings (SSSR count). The Balaban J connectivity index is 1.71. The molecule has 4 saturated carbocycles. The molecule has 2 nitrogen and oxygen atoms in total. The number of hydrazine groups is 1. The Morgan fingerprint density at radius 1 is 1.18 bits per heavy atom. The Kier molecular flexibility index (Phi) is 2.92. The summed E-state index contributed by atoms with van der Waals surface area (Å²) in [6.07, 6.45) is 16.3. The fourth-order valence-corrected chi connectivity index (χ4v) is 5.39. The molecule has 1 atom stereocenters. The number of hydrogen-bond donors (Lipinski definition) is 2. The van der Waals surface area contributed by atoms with Crippen LogP contribution in [0.2, 0.25) is 0 Å². The summed E-state index contributed by atoms with van der Waals surface area (Å²) in [4.78, 5) is 0. The predicted molar refractivity (Wildman–Crippen MR) is 69.8 cm³/mol. The topological polar surface area (TPSA) is 38.0 Å². The van der Waals surface area contributed by atoms with E-state index in [2.05, 4.69) is 11.3 Å². The highest BCUT2D eigenvalue weighted by Crippen LogP contribution is 2.61. The molecule has 94 valence electrons. The molecule has 0 aliphatic heterocycles. The van der Waals surface area contributed by atoms with Crippen LogP contribution in [-0.2, 0) is 0 Å². The van der Waals surface area contributed by atoms with Gasteiger partial charge in [-0.15, -0.1) is 12.3 Å². The average Bonchev–Trinajstić information content (AvgIpc) is 2.26. The molecule has 4 bridgehead atoms. The number of nitrogens with two attached hydrogens (primary N) is 1. The quantitative estimate of drug-likeness (QED) is 0.444. The number of rotatable bonds is 4. The van der Waals surface area contributed by atoms with Crippen molar-refractivity contribution in [3.05, 3.63) is 0 Å². The van der Waals surface area contributed by atoms with Crippen molar-refractivity contribution in [2.24, 2.45) is 29.0 Å². The van der Waals surface area contributed by atoms with Crippen molar-refractivity contribution in [2.45, 2.75) is 57.4 Å². The molecule has 17 heavy (non-hydrogen) atoms. The van der Waals surface area contributed by atoms with Gasteiger partial charge in [0.2, 0.25) is 0 Å². The summed E-state index contributed by atoms with van der Waals surface area (Å²) >= 11 is 0. The molecule has 4 aliphatic carbocycles. The first kappa shape index (κ1) is 11.6. The zero-order valence-corrected chi connectivity index (χ0v) is 10.6. The van der Waals surface area contributed by atoms with Crippen LogP contribution in [0.5, 0.6) is 0 Å². The van der Waals surface area contributed by atoms with E-state index in [0.717, 1.165) is 24.2 Å². The minimum absolute atomic E-state index is 0.330. The number of terminal acetylenes is 1. The fraction of sp³-hybridized carbons (Fsp3) is 0.867. The highest BCUT2D eigenvalue weighted by atomic mass is 15.2. The second-order valence-electron chi connectivity index (χ2n) is 6.89. The first-order valence-electron chi connectivity index (χ1n) is 7.12. The molecule has 0 spiro atoms. The molecule has 0 amide bonds. The second-order valence-corrected chi connectivity index (χ2v) is 6.89. The van der Waals surface area contributed by atoms with Crippen molar-refractivity contribution in [1.82, 2.24) is 5.43 Å². The lowest BCUT2D eigenvalue weighted by Gasteiger charge is -2.57. The van der Waals surface area contributed by atoms with Gasteiger partial charge < -0.3 is 0 Å². The molecular weight excluding hydrogens is 208 g/mol. The molecule has 1 unspecified atom stereocenters. The molecule has 0 saturated heterocycles. The highest BCUT2D eigenvalue weighted by Gasteiger charge is 2.51. The van der Waals surface area contributed by atoms with E-state index in [1.165, 1.54) is 44.9 Å². The van der Waals surface area contributed by atoms with Crippen LogP contribution in [0.3, 0.4) is 0 Å². The summed E-state index contributed by atoms with van der Waals surface area (Å²) in [5.74, 6) is 11.5. The van der Waals surface area contributed by atoms with Crippen LogP contribution < -0.4 is 11.3 Å². The zero-order chi connectivity index (χ0) is 11.9. The predicted octanol–water partition coefficient (Wildman–Crippen LogP) is 2.45. The van der Waals surface area contributed by atoms with Crippen molar-refractivity contribution in [1.29, 1.82) is 0 Å². The lowest BCUT2D eigenvalue weighted by atomic mass is 9.48. The maximum atomic E-state index is 5.64. The van der Waals surface area contributed by atoms with Crippen LogP contribution in [0.1, 0.15) is 51.4 Å². The van der Waals surface area contributed by atoms with Crippen LogP contribution in [0.25, 0.3) is 0 Å². The normalized spacial score (nSPS) is 44.6. The maximum Gasteiger partial charge on any atom is 0.0325 e. The van der Waals surface area contributed by atoms with Crippen molar-refractivity contribution >= 4 is 0 Å². The van der Waals surface area contributed by atoms with Gasteiger partial charge in [0.05, 0.1) is 0 Å². The third-order valence-electron chi connectivity index (χ3n) is 5.44. The summed E-state index contributed by atoms with van der Waals surface area (Å²) in [6, 6.07) is 0.330. The van der Waals surface area contributed by atoms with Crippen molar-refractivity contribution in [2.75, 3.05) is 0 Å². The molecule has 0 radical (unpaired) electrons. The van der Waals surface area contributed by atoms with Gasteiger partial charge >= 0.3 is 0 Å². The van der Waals surface area contributed by atoms with Gasteiger partial charge in [0, 0.05) is 12.5 Å². The van der Waals surface area contributed by atoms with Crippen LogP contribution in [0, 0.1) is 35.5 Å². The average molecular weight is 232 g/mol. The van der Waals surface area contributed by atoms with Crippen LogP contribution in [0.4, 0.5) is 0 Å². The zero-order valence-electron chi connectivity index (χ0n) is 10.6. The highest BCUT2D eigenvalue weighted by molar-refractivity contribution is 5.03. The largest absolute Gasteiger partial charge is 0.271 e. The van der Waals surface area contributed by atoms with Crippen LogP contribution in [0.15, 0.2) is 0 Å². The number of nitrogens with one attached hydrogen (secondary N) is 1. The van der Waals surface area contributed by atoms with Gasteiger partial charge in [-0.3, -0.25) is 11.3 Å². The van der Waals surface area contributed by atoms with E-state index in [1.807, 2.05) is 0 Å². The van der Waals surface area contributed by atoms with E-state index >= 15 is 0 Å². The summed E-state index contributed by atoms with van der Waals surface area (Å²) < 4.78 is 0. The minimum atomic E-state index is 0.330. The van der Waals surface area contributed by atoms with Crippen LogP contribution in [-0.4, -0.2) is 6.04 Å². The van der Waals surface area contributed by atoms with Gasteiger partial charge in [-0.25, -0.2) is 0 Å². The Morgan fingerprint density at radius 2 is 1.71 bits per heavy atom. The van der Waals surface area contributed by atoms with Crippen molar-refractivity contribution in [3.63, 3.8) is 0 Å². The SMILES string of the molecule is C#CCC(CC12CC3CC(CC(C3)C1)C2)NN. The van der Waals surface area contributed by atoms with E-state index in [-0.39, 0.29) is 0 Å². The third-order valence-corrected chi connectivity index (χ3v) is 5.44. The molecule has 3 N–H and O–H groups in total. The van der Waals surface area contributed by atoms with Crippen molar-refractivity contribution in [3.8, 4) is 12.3 Å². The fourth-order valence-electron chi connectivity index (χ4n) is 5.39. The lowest BCUT2D eigenvalue weighted by Crippen LogP contribution is -2.49. The first-order valence-corrected chi connectivity index (χ1v) is 7.12. The van der Waals surface area contributed by atoms with Gasteiger partial charge in [-0.2, -0.15) is 0 Å². The molecule has 0 heterocycles. The summed E-state index contributed by atoms with van der Waals surface area (Å²) in [6.45, 7) is 0. The molecule has 0 aromatic rings. The Hall–Kier alpha value is -0.520. The first-order chi connectivity index (χ1) is 8.23. The lowest BCUT2D eigenvalue weighted by molar-refractivity contribution is -0.0617. The molecule has 0 aromatic heterocycles. The second kappa shape index (κ2) is 4.30. The van der Waals surface area contributed by atoms with E-state index in [0.29, 0.717) is 11.5 Å². The standard InChI is InChI=1S/C15H24N2/c1-2-3-14(17-16)10-15-7-11-4-12(8-15)6-13(5-11)9-15/h1,11-14,17H,3-10,16H2. The Labute approximate surface area is 105 Å². The van der Waals surface area contributed by atoms with Crippen LogP contribution >= 0.6 is 0 Å². The Morgan fingerprint density at radius 3 is 2.12 bits per heavy atom. The molecule has 2 heteroatoms. The van der Waals surface area contributed by atoms with E-state index in [1.54, 1.807) is 0 Å². The number of hydrogen-bond acceptors (Lipinski definition) is 2. The molecular formula is C15H24N2. The summed E-state index contributed by atoms with van der Waals surface area (Å²) in [5, 5.41) is 0. The molecule has 4 aliphatic rings. The monoisotopic (exact) mass is 232 g/mol. The van der Waals surface area contributed by atoms with E-state index in [4.69, 9.17) is 12.3 Å².